The van der Waals surface area contributed by atoms with E-state index in [2.05, 4.69) is 19.9 Å². The smallest absolute Gasteiger partial charge is 0.272 e. The molecule has 1 unspecified atom stereocenters. The van der Waals surface area contributed by atoms with Crippen molar-refractivity contribution in [3.8, 4) is 11.6 Å². The first-order valence-electron chi connectivity index (χ1n) is 9.33. The number of ether oxygens (including phenoxy) is 1. The number of nitrogens with zero attached hydrogens (tertiary/aromatic N) is 5. The third-order valence-electron chi connectivity index (χ3n) is 4.84. The van der Waals surface area contributed by atoms with Gasteiger partial charge in [0.1, 0.15) is 11.4 Å². The van der Waals surface area contributed by atoms with Crippen LogP contribution >= 0.6 is 0 Å². The van der Waals surface area contributed by atoms with Gasteiger partial charge < -0.3 is 9.64 Å². The van der Waals surface area contributed by atoms with Crippen LogP contribution in [0.3, 0.4) is 0 Å². The summed E-state index contributed by atoms with van der Waals surface area (Å²) in [6.45, 7) is 3.17. The van der Waals surface area contributed by atoms with Gasteiger partial charge in [0.05, 0.1) is 5.69 Å². The molecule has 7 heteroatoms. The van der Waals surface area contributed by atoms with E-state index >= 15 is 0 Å². The first kappa shape index (κ1) is 18.0. The largest absolute Gasteiger partial charge is 0.435 e. The van der Waals surface area contributed by atoms with Crippen molar-refractivity contribution in [3.63, 3.8) is 0 Å². The molecule has 142 valence electrons. The maximum absolute atomic E-state index is 12.8. The van der Waals surface area contributed by atoms with Crippen molar-refractivity contribution in [2.45, 2.75) is 25.7 Å². The third kappa shape index (κ3) is 3.83. The minimum absolute atomic E-state index is 0.0558. The second-order valence-corrected chi connectivity index (χ2v) is 6.74. The first-order chi connectivity index (χ1) is 13.7. The molecular weight excluding hydrogens is 354 g/mol. The van der Waals surface area contributed by atoms with Gasteiger partial charge in [0.25, 0.3) is 5.91 Å². The van der Waals surface area contributed by atoms with Crippen LogP contribution in [0.5, 0.6) is 11.6 Å². The lowest BCUT2D eigenvalue weighted by Gasteiger charge is -2.32. The summed E-state index contributed by atoms with van der Waals surface area (Å²) < 4.78 is 6.02. The highest BCUT2D eigenvalue weighted by atomic mass is 16.5. The number of aryl methyl sites for hydroxylation is 1. The Balaban J connectivity index is 1.56. The maximum atomic E-state index is 12.8. The summed E-state index contributed by atoms with van der Waals surface area (Å²) in [5.74, 6) is 1.12. The van der Waals surface area contributed by atoms with Gasteiger partial charge in [-0.25, -0.2) is 4.98 Å². The number of hydrogen-bond donors (Lipinski definition) is 0. The fraction of sp³-hybridized carbons (Fsp3) is 0.286. The number of likely N-dealkylation sites (tertiary alicyclic amines) is 1. The molecule has 28 heavy (non-hydrogen) atoms. The number of hydrogen-bond acceptors (Lipinski definition) is 6. The van der Waals surface area contributed by atoms with Crippen molar-refractivity contribution in [2.24, 2.45) is 0 Å². The molecule has 7 nitrogen and oxygen atoms in total. The van der Waals surface area contributed by atoms with E-state index in [9.17, 15) is 4.79 Å². The van der Waals surface area contributed by atoms with Crippen molar-refractivity contribution in [3.05, 3.63) is 72.2 Å². The molecule has 1 amide bonds. The maximum Gasteiger partial charge on any atom is 0.272 e. The predicted octanol–water partition coefficient (Wildman–Crippen LogP) is 3.39. The molecule has 0 saturated carbocycles. The van der Waals surface area contributed by atoms with Crippen LogP contribution in [-0.4, -0.2) is 43.8 Å². The van der Waals surface area contributed by atoms with E-state index in [1.807, 2.05) is 30.0 Å². The summed E-state index contributed by atoms with van der Waals surface area (Å²) in [5, 5.41) is 0. The van der Waals surface area contributed by atoms with E-state index in [4.69, 9.17) is 4.74 Å². The fourth-order valence-electron chi connectivity index (χ4n) is 3.41. The SMILES string of the molecule is Cc1ncccc1Oc1nccnc1C1CCCN(C(=O)c2ccccn2)C1. The van der Waals surface area contributed by atoms with Crippen LogP contribution in [0.15, 0.2) is 55.1 Å². The molecule has 0 radical (unpaired) electrons. The number of pyridine rings is 2. The number of piperidine rings is 1. The topological polar surface area (TPSA) is 81.1 Å². The number of carbonyl (C=O) groups is 1. The molecule has 0 bridgehead atoms. The average Bonchev–Trinajstić information content (AvgIpc) is 2.76. The van der Waals surface area contributed by atoms with Gasteiger partial charge in [-0.3, -0.25) is 19.7 Å². The Morgan fingerprint density at radius 2 is 1.89 bits per heavy atom. The summed E-state index contributed by atoms with van der Waals surface area (Å²) >= 11 is 0. The molecule has 0 spiro atoms. The molecular formula is C21H21N5O2. The molecule has 0 aromatic carbocycles. The van der Waals surface area contributed by atoms with Gasteiger partial charge in [-0.1, -0.05) is 6.07 Å². The highest BCUT2D eigenvalue weighted by Crippen LogP contribution is 2.33. The van der Waals surface area contributed by atoms with Crippen molar-refractivity contribution in [2.75, 3.05) is 13.1 Å². The molecule has 1 aliphatic rings. The zero-order valence-corrected chi connectivity index (χ0v) is 15.7. The lowest BCUT2D eigenvalue weighted by Crippen LogP contribution is -2.39. The Hall–Kier alpha value is -3.35. The summed E-state index contributed by atoms with van der Waals surface area (Å²) in [6.07, 6.45) is 8.46. The molecule has 3 aromatic rings. The summed E-state index contributed by atoms with van der Waals surface area (Å²) in [5.41, 5.74) is 2.02. The molecule has 4 rings (SSSR count). The average molecular weight is 375 g/mol. The zero-order valence-electron chi connectivity index (χ0n) is 15.7. The Morgan fingerprint density at radius 3 is 2.71 bits per heavy atom. The van der Waals surface area contributed by atoms with Crippen LogP contribution in [-0.2, 0) is 0 Å². The number of amides is 1. The molecule has 0 aliphatic carbocycles. The molecule has 3 aromatic heterocycles. The lowest BCUT2D eigenvalue weighted by molar-refractivity contribution is 0.0699. The Bertz CT molecular complexity index is 964. The van der Waals surface area contributed by atoms with E-state index in [0.29, 0.717) is 30.4 Å². The molecule has 1 aliphatic heterocycles. The van der Waals surface area contributed by atoms with Gasteiger partial charge >= 0.3 is 0 Å². The number of rotatable bonds is 4. The Morgan fingerprint density at radius 1 is 1.04 bits per heavy atom. The minimum atomic E-state index is -0.0558. The standard InChI is InChI=1S/C21H21N5O2/c1-15-18(8-4-10-22-15)28-20-19(24-11-12-25-20)16-6-5-13-26(14-16)21(27)17-7-2-3-9-23-17/h2-4,7-12,16H,5-6,13-14H2,1H3. The van der Waals surface area contributed by atoms with Gasteiger partial charge in [0, 0.05) is 43.8 Å². The Labute approximate surface area is 163 Å². The van der Waals surface area contributed by atoms with Crippen LogP contribution in [0.1, 0.15) is 40.6 Å². The quantitative estimate of drug-likeness (QED) is 0.695. The van der Waals surface area contributed by atoms with Gasteiger partial charge in [0.2, 0.25) is 5.88 Å². The van der Waals surface area contributed by atoms with Gasteiger partial charge in [-0.05, 0) is 44.0 Å². The number of carbonyl (C=O) groups excluding carboxylic acids is 1. The van der Waals surface area contributed by atoms with Crippen molar-refractivity contribution < 1.29 is 9.53 Å². The number of aromatic nitrogens is 4. The molecule has 0 N–H and O–H groups in total. The van der Waals surface area contributed by atoms with Crippen molar-refractivity contribution >= 4 is 5.91 Å². The van der Waals surface area contributed by atoms with E-state index in [1.165, 1.54) is 0 Å². The van der Waals surface area contributed by atoms with Gasteiger partial charge in [-0.2, -0.15) is 0 Å². The monoisotopic (exact) mass is 375 g/mol. The van der Waals surface area contributed by atoms with Gasteiger partial charge in [0.15, 0.2) is 5.75 Å². The highest BCUT2D eigenvalue weighted by molar-refractivity contribution is 5.92. The Kier molecular flexibility index (Phi) is 5.23. The molecule has 4 heterocycles. The van der Waals surface area contributed by atoms with E-state index < -0.39 is 0 Å². The fourth-order valence-corrected chi connectivity index (χ4v) is 3.41. The second kappa shape index (κ2) is 8.12. The summed E-state index contributed by atoms with van der Waals surface area (Å²) in [4.78, 5) is 32.0. The summed E-state index contributed by atoms with van der Waals surface area (Å²) in [6, 6.07) is 9.06. The van der Waals surface area contributed by atoms with Gasteiger partial charge in [-0.15, -0.1) is 0 Å². The zero-order chi connectivity index (χ0) is 19.3. The van der Waals surface area contributed by atoms with E-state index in [0.717, 1.165) is 24.2 Å². The van der Waals surface area contributed by atoms with Crippen LogP contribution in [0.2, 0.25) is 0 Å². The van der Waals surface area contributed by atoms with Crippen LogP contribution in [0.4, 0.5) is 0 Å². The lowest BCUT2D eigenvalue weighted by atomic mass is 9.94. The normalized spacial score (nSPS) is 16.6. The van der Waals surface area contributed by atoms with Crippen molar-refractivity contribution in [1.29, 1.82) is 0 Å². The van der Waals surface area contributed by atoms with Crippen LogP contribution in [0, 0.1) is 6.92 Å². The molecule has 1 saturated heterocycles. The second-order valence-electron chi connectivity index (χ2n) is 6.74. The summed E-state index contributed by atoms with van der Waals surface area (Å²) in [7, 11) is 0. The van der Waals surface area contributed by atoms with Crippen molar-refractivity contribution in [1.82, 2.24) is 24.8 Å². The first-order valence-corrected chi connectivity index (χ1v) is 9.33. The van der Waals surface area contributed by atoms with Crippen LogP contribution < -0.4 is 4.74 Å². The highest BCUT2D eigenvalue weighted by Gasteiger charge is 2.29. The third-order valence-corrected chi connectivity index (χ3v) is 4.84. The van der Waals surface area contributed by atoms with E-state index in [1.54, 1.807) is 36.9 Å². The van der Waals surface area contributed by atoms with Crippen LogP contribution in [0.25, 0.3) is 0 Å². The minimum Gasteiger partial charge on any atom is -0.435 e. The molecule has 1 atom stereocenters. The van der Waals surface area contributed by atoms with E-state index in [-0.39, 0.29) is 11.8 Å². The molecule has 1 fully saturated rings. The predicted molar refractivity (Wildman–Crippen MR) is 103 cm³/mol.